The lowest BCUT2D eigenvalue weighted by Gasteiger charge is -2.58. The zero-order valence-corrected chi connectivity index (χ0v) is 23.6. The lowest BCUT2D eigenvalue weighted by molar-refractivity contribution is -0.131. The lowest BCUT2D eigenvalue weighted by atomic mass is 9.47. The summed E-state index contributed by atoms with van der Waals surface area (Å²) in [6.07, 6.45) is 16.8. The summed E-state index contributed by atoms with van der Waals surface area (Å²) in [5, 5.41) is 20.0. The number of fused-ring (bicyclic) bond motifs is 5. The average molecular weight is 500 g/mol. The van der Waals surface area contributed by atoms with Gasteiger partial charge in [0.05, 0.1) is 6.10 Å². The van der Waals surface area contributed by atoms with Crippen molar-refractivity contribution < 1.29 is 15.0 Å². The van der Waals surface area contributed by atoms with Crippen LogP contribution in [0.15, 0.2) is 11.6 Å². The number of amides is 1. The fourth-order valence-corrected chi connectivity index (χ4v) is 10.1. The van der Waals surface area contributed by atoms with Gasteiger partial charge in [-0.05, 0) is 123 Å². The van der Waals surface area contributed by atoms with Gasteiger partial charge in [-0.15, -0.1) is 0 Å². The molecule has 0 radical (unpaired) electrons. The van der Waals surface area contributed by atoms with Gasteiger partial charge >= 0.3 is 0 Å². The van der Waals surface area contributed by atoms with Crippen molar-refractivity contribution in [1.82, 2.24) is 4.90 Å². The first-order valence-corrected chi connectivity index (χ1v) is 15.4. The number of aliphatic hydroxyl groups is 2. The van der Waals surface area contributed by atoms with E-state index in [0.717, 1.165) is 75.3 Å². The Bertz CT molecular complexity index is 854. The molecule has 2 N–H and O–H groups in total. The van der Waals surface area contributed by atoms with Gasteiger partial charge in [0.15, 0.2) is 0 Å². The van der Waals surface area contributed by atoms with Crippen LogP contribution in [0.3, 0.4) is 0 Å². The SMILES string of the molecule is C[C@H](CCC(=O)N1CCCC(C)(CO)CC1)[C@H]1CC[C@H]2[C@@H]3CC=C4C[C@@H](O)CC[C@]4(C)[C@H]3CC[C@]12C. The molecule has 0 aromatic rings. The number of allylic oxidation sites excluding steroid dienone is 1. The van der Waals surface area contributed by atoms with Crippen molar-refractivity contribution in [3.63, 3.8) is 0 Å². The van der Waals surface area contributed by atoms with Crippen molar-refractivity contribution >= 4 is 5.91 Å². The Hall–Kier alpha value is -0.870. The summed E-state index contributed by atoms with van der Waals surface area (Å²) in [4.78, 5) is 15.2. The predicted molar refractivity (Wildman–Crippen MR) is 145 cm³/mol. The minimum Gasteiger partial charge on any atom is -0.396 e. The van der Waals surface area contributed by atoms with Gasteiger partial charge in [-0.2, -0.15) is 0 Å². The highest BCUT2D eigenvalue weighted by Crippen LogP contribution is 2.67. The van der Waals surface area contributed by atoms with Crippen molar-refractivity contribution in [3.8, 4) is 0 Å². The van der Waals surface area contributed by atoms with Gasteiger partial charge in [0.1, 0.15) is 0 Å². The number of hydrogen-bond acceptors (Lipinski definition) is 3. The Morgan fingerprint density at radius 2 is 1.86 bits per heavy atom. The van der Waals surface area contributed by atoms with E-state index in [1.807, 2.05) is 0 Å². The van der Waals surface area contributed by atoms with Crippen LogP contribution in [0.4, 0.5) is 0 Å². The van der Waals surface area contributed by atoms with Crippen LogP contribution >= 0.6 is 0 Å². The van der Waals surface area contributed by atoms with E-state index in [2.05, 4.69) is 38.7 Å². The number of carbonyl (C=O) groups excluding carboxylic acids is 1. The third-order valence-electron chi connectivity index (χ3n) is 12.6. The Balaban J connectivity index is 1.20. The maximum absolute atomic E-state index is 13.2. The molecule has 0 aromatic carbocycles. The Kier molecular flexibility index (Phi) is 7.44. The predicted octanol–water partition coefficient (Wildman–Crippen LogP) is 6.35. The Morgan fingerprint density at radius 3 is 2.64 bits per heavy atom. The molecule has 204 valence electrons. The number of likely N-dealkylation sites (tertiary alicyclic amines) is 1. The summed E-state index contributed by atoms with van der Waals surface area (Å²) in [5.74, 6) is 4.11. The van der Waals surface area contributed by atoms with Gasteiger partial charge in [-0.3, -0.25) is 4.79 Å². The van der Waals surface area contributed by atoms with Gasteiger partial charge in [-0.1, -0.05) is 39.3 Å². The molecule has 1 heterocycles. The number of rotatable bonds is 5. The van der Waals surface area contributed by atoms with Crippen molar-refractivity contribution in [1.29, 1.82) is 0 Å². The largest absolute Gasteiger partial charge is 0.396 e. The normalized spacial score (nSPS) is 45.7. The highest BCUT2D eigenvalue weighted by Gasteiger charge is 2.59. The van der Waals surface area contributed by atoms with E-state index in [-0.39, 0.29) is 18.1 Å². The van der Waals surface area contributed by atoms with Gasteiger partial charge in [-0.25, -0.2) is 0 Å². The maximum atomic E-state index is 13.2. The molecular weight excluding hydrogens is 446 g/mol. The van der Waals surface area contributed by atoms with Crippen LogP contribution in [0.2, 0.25) is 0 Å². The van der Waals surface area contributed by atoms with Gasteiger partial charge < -0.3 is 15.1 Å². The molecule has 4 heteroatoms. The zero-order chi connectivity index (χ0) is 25.7. The minimum absolute atomic E-state index is 0.0157. The van der Waals surface area contributed by atoms with E-state index in [9.17, 15) is 15.0 Å². The Labute approximate surface area is 220 Å². The van der Waals surface area contributed by atoms with Crippen LogP contribution in [0.1, 0.15) is 111 Å². The summed E-state index contributed by atoms with van der Waals surface area (Å²) < 4.78 is 0. The molecule has 4 nitrogen and oxygen atoms in total. The molecule has 1 saturated heterocycles. The van der Waals surface area contributed by atoms with Crippen LogP contribution in [-0.2, 0) is 4.79 Å². The third kappa shape index (κ3) is 4.61. The third-order valence-corrected chi connectivity index (χ3v) is 12.6. The Morgan fingerprint density at radius 1 is 1.06 bits per heavy atom. The summed E-state index contributed by atoms with van der Waals surface area (Å²) in [5.41, 5.74) is 2.29. The molecule has 1 amide bonds. The monoisotopic (exact) mass is 499 g/mol. The molecule has 4 fully saturated rings. The zero-order valence-electron chi connectivity index (χ0n) is 23.6. The van der Waals surface area contributed by atoms with E-state index >= 15 is 0 Å². The molecule has 36 heavy (non-hydrogen) atoms. The molecule has 1 unspecified atom stereocenters. The quantitative estimate of drug-likeness (QED) is 0.433. The second-order valence-corrected chi connectivity index (χ2v) is 14.6. The van der Waals surface area contributed by atoms with Crippen LogP contribution < -0.4 is 0 Å². The van der Waals surface area contributed by atoms with Crippen molar-refractivity contribution in [2.75, 3.05) is 19.7 Å². The molecule has 0 spiro atoms. The second-order valence-electron chi connectivity index (χ2n) is 14.6. The number of aliphatic hydroxyl groups excluding tert-OH is 2. The van der Waals surface area contributed by atoms with Crippen molar-refractivity contribution in [2.24, 2.45) is 45.8 Å². The topological polar surface area (TPSA) is 60.8 Å². The lowest BCUT2D eigenvalue weighted by Crippen LogP contribution is -2.50. The molecule has 3 saturated carbocycles. The first kappa shape index (κ1) is 26.7. The van der Waals surface area contributed by atoms with E-state index in [4.69, 9.17) is 0 Å². The molecule has 5 rings (SSSR count). The smallest absolute Gasteiger partial charge is 0.222 e. The fourth-order valence-electron chi connectivity index (χ4n) is 10.1. The summed E-state index contributed by atoms with van der Waals surface area (Å²) in [7, 11) is 0. The fraction of sp³-hybridized carbons (Fsp3) is 0.906. The average Bonchev–Trinajstić information content (AvgIpc) is 3.09. The second kappa shape index (κ2) is 10.0. The van der Waals surface area contributed by atoms with Gasteiger partial charge in [0, 0.05) is 26.1 Å². The minimum atomic E-state index is -0.123. The van der Waals surface area contributed by atoms with Crippen molar-refractivity contribution in [3.05, 3.63) is 11.6 Å². The first-order valence-electron chi connectivity index (χ1n) is 15.4. The molecule has 0 aromatic heterocycles. The highest BCUT2D eigenvalue weighted by molar-refractivity contribution is 5.76. The van der Waals surface area contributed by atoms with E-state index < -0.39 is 0 Å². The molecule has 5 aliphatic rings. The molecule has 4 aliphatic carbocycles. The molecule has 0 bridgehead atoms. The van der Waals surface area contributed by atoms with E-state index in [1.165, 1.54) is 38.5 Å². The van der Waals surface area contributed by atoms with E-state index in [0.29, 0.717) is 29.1 Å². The van der Waals surface area contributed by atoms with Crippen molar-refractivity contribution in [2.45, 2.75) is 117 Å². The van der Waals surface area contributed by atoms with Crippen LogP contribution in [-0.4, -0.2) is 46.8 Å². The molecule has 1 aliphatic heterocycles. The van der Waals surface area contributed by atoms with Crippen LogP contribution in [0.5, 0.6) is 0 Å². The first-order chi connectivity index (χ1) is 17.1. The van der Waals surface area contributed by atoms with E-state index in [1.54, 1.807) is 5.57 Å². The number of nitrogens with zero attached hydrogens (tertiary/aromatic N) is 1. The standard InChI is InChI=1S/C32H53NO3/c1-22(6-11-29(36)33-18-5-14-30(2,21-34)17-19-33)26-9-10-27-25-8-7-23-20-24(35)12-15-31(23,3)28(25)13-16-32(26,27)4/h7,22,24-28,34-35H,5-6,8-21H2,1-4H3/t22-,24+,25+,26-,27+,28+,30?,31+,32-/m1/s1. The molecular formula is C32H53NO3. The molecule has 9 atom stereocenters. The number of carbonyl (C=O) groups is 1. The number of hydrogen-bond donors (Lipinski definition) is 2. The highest BCUT2D eigenvalue weighted by atomic mass is 16.3. The maximum Gasteiger partial charge on any atom is 0.222 e. The van der Waals surface area contributed by atoms with Gasteiger partial charge in [0.2, 0.25) is 5.91 Å². The summed E-state index contributed by atoms with van der Waals surface area (Å²) >= 11 is 0. The summed E-state index contributed by atoms with van der Waals surface area (Å²) in [6, 6.07) is 0. The van der Waals surface area contributed by atoms with Crippen LogP contribution in [0.25, 0.3) is 0 Å². The summed E-state index contributed by atoms with van der Waals surface area (Å²) in [6.45, 7) is 11.6. The van der Waals surface area contributed by atoms with Crippen LogP contribution in [0, 0.1) is 45.8 Å². The van der Waals surface area contributed by atoms with Gasteiger partial charge in [0.25, 0.3) is 0 Å².